The van der Waals surface area contributed by atoms with Crippen molar-refractivity contribution in [2.75, 3.05) is 0 Å². The van der Waals surface area contributed by atoms with E-state index in [0.29, 0.717) is 0 Å². The zero-order valence-corrected chi connectivity index (χ0v) is 7.29. The SMILES string of the molecule is O=C(Cl)/C=C\Cc1ccccc1. The second-order valence-electron chi connectivity index (χ2n) is 2.40. The van der Waals surface area contributed by atoms with Gasteiger partial charge in [-0.1, -0.05) is 36.4 Å². The van der Waals surface area contributed by atoms with Crippen molar-refractivity contribution in [3.63, 3.8) is 0 Å². The number of allylic oxidation sites excluding steroid dienone is 2. The number of rotatable bonds is 3. The third-order valence-corrected chi connectivity index (χ3v) is 1.57. The molecule has 0 saturated carbocycles. The minimum Gasteiger partial charge on any atom is -0.276 e. The molecule has 1 rings (SSSR count). The highest BCUT2D eigenvalue weighted by molar-refractivity contribution is 6.66. The first-order chi connectivity index (χ1) is 5.79. The van der Waals surface area contributed by atoms with Crippen LogP contribution in [-0.2, 0) is 11.2 Å². The molecule has 0 aliphatic carbocycles. The van der Waals surface area contributed by atoms with Crippen molar-refractivity contribution in [3.8, 4) is 0 Å². The number of benzene rings is 1. The van der Waals surface area contributed by atoms with E-state index in [9.17, 15) is 4.79 Å². The molecule has 0 aromatic heterocycles. The van der Waals surface area contributed by atoms with Crippen molar-refractivity contribution < 1.29 is 4.79 Å². The van der Waals surface area contributed by atoms with Crippen molar-refractivity contribution in [1.82, 2.24) is 0 Å². The number of carbonyl (C=O) groups excluding carboxylic acids is 1. The summed E-state index contributed by atoms with van der Waals surface area (Å²) in [4.78, 5) is 10.3. The zero-order chi connectivity index (χ0) is 8.81. The third-order valence-electron chi connectivity index (χ3n) is 1.45. The lowest BCUT2D eigenvalue weighted by Crippen LogP contribution is -1.80. The van der Waals surface area contributed by atoms with Gasteiger partial charge in [0.15, 0.2) is 0 Å². The Morgan fingerprint density at radius 2 is 2.00 bits per heavy atom. The van der Waals surface area contributed by atoms with Gasteiger partial charge in [-0.05, 0) is 29.7 Å². The van der Waals surface area contributed by atoms with Crippen LogP contribution in [-0.4, -0.2) is 5.24 Å². The van der Waals surface area contributed by atoms with Gasteiger partial charge >= 0.3 is 0 Å². The second kappa shape index (κ2) is 4.73. The number of hydrogen-bond acceptors (Lipinski definition) is 1. The summed E-state index contributed by atoms with van der Waals surface area (Å²) in [6, 6.07) is 9.89. The molecule has 0 aliphatic heterocycles. The summed E-state index contributed by atoms with van der Waals surface area (Å²) in [7, 11) is 0. The Hall–Kier alpha value is -1.08. The molecule has 0 unspecified atom stereocenters. The van der Waals surface area contributed by atoms with Crippen LogP contribution in [0.5, 0.6) is 0 Å². The minimum absolute atomic E-state index is 0.425. The highest BCUT2D eigenvalue weighted by Crippen LogP contribution is 2.00. The Balaban J connectivity index is 2.49. The van der Waals surface area contributed by atoms with Gasteiger partial charge in [0.1, 0.15) is 0 Å². The maximum absolute atomic E-state index is 10.3. The van der Waals surface area contributed by atoms with Gasteiger partial charge in [0.05, 0.1) is 0 Å². The first-order valence-corrected chi connectivity index (χ1v) is 4.07. The summed E-state index contributed by atoms with van der Waals surface area (Å²) < 4.78 is 0. The van der Waals surface area contributed by atoms with Crippen LogP contribution in [0, 0.1) is 0 Å². The Bertz CT molecular complexity index is 277. The van der Waals surface area contributed by atoms with E-state index in [1.165, 1.54) is 11.6 Å². The van der Waals surface area contributed by atoms with Crippen LogP contribution in [0.2, 0.25) is 0 Å². The highest BCUT2D eigenvalue weighted by atomic mass is 35.5. The number of hydrogen-bond donors (Lipinski definition) is 0. The predicted molar refractivity (Wildman–Crippen MR) is 50.1 cm³/mol. The molecule has 0 fully saturated rings. The molecule has 0 spiro atoms. The monoisotopic (exact) mass is 180 g/mol. The van der Waals surface area contributed by atoms with Crippen LogP contribution in [0.4, 0.5) is 0 Å². The molecule has 0 aliphatic rings. The van der Waals surface area contributed by atoms with E-state index in [0.717, 1.165) is 6.42 Å². The van der Waals surface area contributed by atoms with Crippen LogP contribution >= 0.6 is 11.6 Å². The van der Waals surface area contributed by atoms with Gasteiger partial charge in [0, 0.05) is 0 Å². The quantitative estimate of drug-likeness (QED) is 0.516. The molecule has 62 valence electrons. The summed E-state index contributed by atoms with van der Waals surface area (Å²) in [6.07, 6.45) is 3.87. The van der Waals surface area contributed by atoms with Crippen LogP contribution in [0.1, 0.15) is 5.56 Å². The Morgan fingerprint density at radius 3 is 2.58 bits per heavy atom. The smallest absolute Gasteiger partial charge is 0.244 e. The minimum atomic E-state index is -0.425. The van der Waals surface area contributed by atoms with Crippen molar-refractivity contribution in [3.05, 3.63) is 48.0 Å². The standard InChI is InChI=1S/C10H9ClO/c11-10(12)8-4-7-9-5-2-1-3-6-9/h1-6,8H,7H2/b8-4-. The fourth-order valence-electron chi connectivity index (χ4n) is 0.902. The van der Waals surface area contributed by atoms with Gasteiger partial charge in [0.2, 0.25) is 5.24 Å². The molecule has 1 aromatic carbocycles. The molecule has 0 bridgehead atoms. The molecule has 0 amide bonds. The molecule has 0 saturated heterocycles. The van der Waals surface area contributed by atoms with Gasteiger partial charge in [-0.15, -0.1) is 0 Å². The van der Waals surface area contributed by atoms with Crippen molar-refractivity contribution >= 4 is 16.8 Å². The Morgan fingerprint density at radius 1 is 1.33 bits per heavy atom. The molecule has 2 heteroatoms. The predicted octanol–water partition coefficient (Wildman–Crippen LogP) is 2.55. The molecular weight excluding hydrogens is 172 g/mol. The van der Waals surface area contributed by atoms with Gasteiger partial charge < -0.3 is 0 Å². The second-order valence-corrected chi connectivity index (χ2v) is 2.77. The molecule has 0 N–H and O–H groups in total. The summed E-state index contributed by atoms with van der Waals surface area (Å²) in [5.74, 6) is 0. The summed E-state index contributed by atoms with van der Waals surface area (Å²) in [5, 5.41) is -0.425. The average Bonchev–Trinajstić information content (AvgIpc) is 2.05. The summed E-state index contributed by atoms with van der Waals surface area (Å²) in [6.45, 7) is 0. The third kappa shape index (κ3) is 3.35. The van der Waals surface area contributed by atoms with Gasteiger partial charge in [-0.2, -0.15) is 0 Å². The maximum atomic E-state index is 10.3. The van der Waals surface area contributed by atoms with Crippen molar-refractivity contribution in [2.24, 2.45) is 0 Å². The van der Waals surface area contributed by atoms with E-state index in [1.807, 2.05) is 30.3 Å². The van der Waals surface area contributed by atoms with Gasteiger partial charge in [-0.3, -0.25) is 4.79 Å². The van der Waals surface area contributed by atoms with E-state index >= 15 is 0 Å². The van der Waals surface area contributed by atoms with Gasteiger partial charge in [-0.25, -0.2) is 0 Å². The lowest BCUT2D eigenvalue weighted by Gasteiger charge is -1.92. The van der Waals surface area contributed by atoms with Gasteiger partial charge in [0.25, 0.3) is 0 Å². The van der Waals surface area contributed by atoms with Crippen molar-refractivity contribution in [2.45, 2.75) is 6.42 Å². The molecule has 0 heterocycles. The zero-order valence-electron chi connectivity index (χ0n) is 6.53. The topological polar surface area (TPSA) is 17.1 Å². The molecule has 1 nitrogen and oxygen atoms in total. The number of halogens is 1. The Kier molecular flexibility index (Phi) is 3.55. The van der Waals surface area contributed by atoms with Crippen LogP contribution in [0.3, 0.4) is 0 Å². The van der Waals surface area contributed by atoms with E-state index in [2.05, 4.69) is 0 Å². The van der Waals surface area contributed by atoms with Crippen LogP contribution in [0.15, 0.2) is 42.5 Å². The average molecular weight is 181 g/mol. The molecule has 0 radical (unpaired) electrons. The largest absolute Gasteiger partial charge is 0.276 e. The van der Waals surface area contributed by atoms with E-state index in [4.69, 9.17) is 11.6 Å². The van der Waals surface area contributed by atoms with Crippen molar-refractivity contribution in [1.29, 1.82) is 0 Å². The fraction of sp³-hybridized carbons (Fsp3) is 0.100. The first kappa shape index (κ1) is 9.01. The lowest BCUT2D eigenvalue weighted by atomic mass is 10.1. The maximum Gasteiger partial charge on any atom is 0.244 e. The summed E-state index contributed by atoms with van der Waals surface area (Å²) >= 11 is 5.12. The normalized spacial score (nSPS) is 10.4. The molecular formula is C10H9ClO. The van der Waals surface area contributed by atoms with Crippen LogP contribution < -0.4 is 0 Å². The van der Waals surface area contributed by atoms with E-state index < -0.39 is 5.24 Å². The van der Waals surface area contributed by atoms with Crippen LogP contribution in [0.25, 0.3) is 0 Å². The Labute approximate surface area is 76.7 Å². The molecule has 1 aromatic rings. The highest BCUT2D eigenvalue weighted by Gasteiger charge is 1.87. The number of carbonyl (C=O) groups is 1. The molecule has 12 heavy (non-hydrogen) atoms. The lowest BCUT2D eigenvalue weighted by molar-refractivity contribution is -0.107. The fourth-order valence-corrected chi connectivity index (χ4v) is 0.991. The van der Waals surface area contributed by atoms with E-state index in [-0.39, 0.29) is 0 Å². The summed E-state index contributed by atoms with van der Waals surface area (Å²) in [5.41, 5.74) is 1.17. The van der Waals surface area contributed by atoms with E-state index in [1.54, 1.807) is 6.08 Å². The first-order valence-electron chi connectivity index (χ1n) is 3.69. The molecule has 0 atom stereocenters.